The lowest BCUT2D eigenvalue weighted by Crippen LogP contribution is -2.46. The SMILES string of the molecule is O=P(O)(O)C(N(CCCN(CCCN(C(P(=O)(O)O)P(=O)(O)O)C(P(=O)(O)O)P(=O)(O)O)CCN(CCCN(C(P(=O)(O)O)P(=O)(O)O)C(P(=O)(O)O)P(=O)(O)O)CCCN(C(P(=O)(O)O)P(=O)(O)O)C(P(=O)(O)O)P(=O)(O)O)C(P(=O)(O)O)P(=O)(O)O)P(=O)(O)O. The monoisotopic (exact) mass is 1680 g/mol. The molecule has 0 radical (unpaired) electrons. The van der Waals surface area contributed by atoms with Crippen molar-refractivity contribution >= 4 is 122 Å². The molecule has 0 bridgehead atoms. The van der Waals surface area contributed by atoms with E-state index in [1.54, 1.807) is 0 Å². The summed E-state index contributed by atoms with van der Waals surface area (Å²) in [6.07, 6.45) is -5.23. The lowest BCUT2D eigenvalue weighted by molar-refractivity contribution is 0.150. The Morgan fingerprint density at radius 2 is 0.239 bits per heavy atom. The molecule has 0 fully saturated rings. The Kier molecular flexibility index (Phi) is 34.1. The van der Waals surface area contributed by atoms with Crippen molar-refractivity contribution in [1.29, 1.82) is 0 Å². The fraction of sp³-hybridized carbons (Fsp3) is 1.00. The van der Waals surface area contributed by atoms with E-state index in [1.165, 1.54) is 0 Å². The highest BCUT2D eigenvalue weighted by Gasteiger charge is 2.62. The van der Waals surface area contributed by atoms with Crippen LogP contribution in [0.15, 0.2) is 0 Å². The van der Waals surface area contributed by atoms with Crippen molar-refractivity contribution in [2.24, 2.45) is 0 Å². The molecule has 554 valence electrons. The minimum Gasteiger partial charge on any atom is -0.323 e. The Morgan fingerprint density at radius 3 is 0.315 bits per heavy atom. The molecule has 0 aliphatic carbocycles. The van der Waals surface area contributed by atoms with Gasteiger partial charge in [-0.15, -0.1) is 0 Å². The lowest BCUT2D eigenvalue weighted by atomic mass is 10.2. The first-order chi connectivity index (χ1) is 39.9. The molecule has 0 aromatic rings. The number of hydrogen-bond acceptors (Lipinski definition) is 22. The zero-order chi connectivity index (χ0) is 74.0. The van der Waals surface area contributed by atoms with Crippen molar-refractivity contribution in [3.63, 3.8) is 0 Å². The van der Waals surface area contributed by atoms with E-state index in [0.717, 1.165) is 0 Å². The molecule has 0 saturated heterocycles. The highest BCUT2D eigenvalue weighted by molar-refractivity contribution is 7.75. The summed E-state index contributed by atoms with van der Waals surface area (Å²) >= 11 is 0. The van der Waals surface area contributed by atoms with Crippen molar-refractivity contribution in [3.8, 4) is 0 Å². The molecule has 32 N–H and O–H groups in total. The van der Waals surface area contributed by atoms with Crippen molar-refractivity contribution in [2.75, 3.05) is 65.4 Å². The van der Waals surface area contributed by atoms with Gasteiger partial charge in [0, 0.05) is 39.3 Å². The highest BCUT2D eigenvalue weighted by atomic mass is 31.3. The van der Waals surface area contributed by atoms with Gasteiger partial charge >= 0.3 is 122 Å². The molecular formula is C22H68N6O48P16. The summed E-state index contributed by atoms with van der Waals surface area (Å²) in [4.78, 5) is 317. The second kappa shape index (κ2) is 33.3. The predicted octanol–water partition coefficient (Wildman–Crippen LogP) is -6.53. The first kappa shape index (κ1) is 94.2. The van der Waals surface area contributed by atoms with E-state index in [2.05, 4.69) is 0 Å². The van der Waals surface area contributed by atoms with E-state index in [4.69, 9.17) is 0 Å². The van der Waals surface area contributed by atoms with Gasteiger partial charge in [-0.3, -0.25) is 92.6 Å². The van der Waals surface area contributed by atoms with Gasteiger partial charge in [-0.05, 0) is 51.9 Å². The van der Waals surface area contributed by atoms with Gasteiger partial charge in [-0.25, -0.2) is 0 Å². The Balaban J connectivity index is 8.94. The Labute approximate surface area is 514 Å². The molecule has 70 heteroatoms. The molecule has 0 heterocycles. The largest absolute Gasteiger partial charge is 0.355 e. The summed E-state index contributed by atoms with van der Waals surface area (Å²) in [6.45, 7) is -14.3. The fourth-order valence-electron chi connectivity index (χ4n) is 8.92. The van der Waals surface area contributed by atoms with Gasteiger partial charge in [0.05, 0.1) is 0 Å². The molecule has 0 unspecified atom stereocenters. The predicted molar refractivity (Wildman–Crippen MR) is 301 cm³/mol. The van der Waals surface area contributed by atoms with E-state index in [0.29, 0.717) is 9.80 Å². The van der Waals surface area contributed by atoms with Crippen LogP contribution in [0.1, 0.15) is 25.7 Å². The van der Waals surface area contributed by atoms with E-state index < -0.39 is 276 Å². The molecule has 0 rings (SSSR count). The number of rotatable bonds is 43. The standard InChI is InChI=1S/C22H68N6O48P16/c29-77(30,31)15(78(32,33)34)25(16(79(35,36)37)80(38,39)40)9-1-5-23(6-2-10-26(17(81(41,42)43)82(44,45)46)18(83(47,48)49)84(50,51)52)13-14-24(7-3-11-27(19(85(53,54)55)86(56,57)58)20(87(59,60)61)88(62,63)64)8-4-12-28(21(89(65,66)67)90(68,69)70)22(91(71,72)73)92(74,75)76/h15-22H,1-14H2,(H2,29,30,31)(H2,32,33,34)(H2,35,36,37)(H2,38,39,40)(H2,41,42,43)(H2,44,45,46)(H2,47,48,49)(H2,50,51,52)(H2,53,54,55)(H2,56,57,58)(H2,59,60,61)(H2,62,63,64)(H2,65,66,67)(H2,68,69,70)(H2,71,72,73)(H2,74,75,76). The molecule has 0 spiro atoms. The van der Waals surface area contributed by atoms with E-state index in [1.807, 2.05) is 0 Å². The van der Waals surface area contributed by atoms with Crippen molar-refractivity contribution in [3.05, 3.63) is 0 Å². The molecule has 0 aliphatic rings. The first-order valence-electron chi connectivity index (χ1n) is 23.2. The Morgan fingerprint density at radius 1 is 0.152 bits per heavy atom. The molecule has 0 amide bonds. The smallest absolute Gasteiger partial charge is 0.323 e. The normalized spacial score (nSPS) is 15.7. The third kappa shape index (κ3) is 30.2. The minimum atomic E-state index is -6.63. The van der Waals surface area contributed by atoms with Crippen LogP contribution in [0.5, 0.6) is 0 Å². The molecule has 0 saturated carbocycles. The summed E-state index contributed by atoms with van der Waals surface area (Å²) in [5, 5.41) is 0. The van der Waals surface area contributed by atoms with Crippen molar-refractivity contribution in [1.82, 2.24) is 29.4 Å². The third-order valence-corrected chi connectivity index (χ3v) is 40.3. The highest BCUT2D eigenvalue weighted by Crippen LogP contribution is 2.73. The van der Waals surface area contributed by atoms with Crippen LogP contribution in [-0.2, 0) is 73.0 Å². The van der Waals surface area contributed by atoms with Gasteiger partial charge < -0.3 is 166 Å². The fourth-order valence-corrected chi connectivity index (χ4v) is 33.3. The number of nitrogens with zero attached hydrogens (tertiary/aromatic N) is 6. The van der Waals surface area contributed by atoms with Gasteiger partial charge in [0.15, 0.2) is 0 Å². The van der Waals surface area contributed by atoms with Crippen LogP contribution in [0.3, 0.4) is 0 Å². The Bertz CT molecular complexity index is 2520. The second-order valence-corrected chi connectivity index (χ2v) is 49.2. The first-order valence-corrected chi connectivity index (χ1v) is 50.1. The van der Waals surface area contributed by atoms with E-state index >= 15 is 0 Å². The summed E-state index contributed by atoms with van der Waals surface area (Å²) < 4.78 is 201. The van der Waals surface area contributed by atoms with Gasteiger partial charge in [0.1, 0.15) is 0 Å². The molecule has 0 aromatic carbocycles. The van der Waals surface area contributed by atoms with Crippen molar-refractivity contribution in [2.45, 2.75) is 69.9 Å². The van der Waals surface area contributed by atoms with Crippen LogP contribution in [0.25, 0.3) is 0 Å². The van der Waals surface area contributed by atoms with Crippen molar-refractivity contribution < 1.29 is 230 Å². The summed E-state index contributed by atoms with van der Waals surface area (Å²) in [7, 11) is -106. The summed E-state index contributed by atoms with van der Waals surface area (Å²) in [6, 6.07) is 0. The molecule has 92 heavy (non-hydrogen) atoms. The zero-order valence-corrected chi connectivity index (χ0v) is 59.5. The summed E-state index contributed by atoms with van der Waals surface area (Å²) in [5.74, 6) is 0. The average Bonchev–Trinajstić information content (AvgIpc) is 0.786. The van der Waals surface area contributed by atoms with Gasteiger partial charge in [-0.1, -0.05) is 0 Å². The summed E-state index contributed by atoms with van der Waals surface area (Å²) in [5.41, 5.74) is -31.4. The molecule has 0 atom stereocenters. The second-order valence-electron chi connectivity index (χ2n) is 19.2. The maximum absolute atomic E-state index is 12.5. The van der Waals surface area contributed by atoms with Gasteiger partial charge in [0.25, 0.3) is 0 Å². The van der Waals surface area contributed by atoms with E-state index in [-0.39, 0.29) is 0 Å². The van der Waals surface area contributed by atoms with Gasteiger partial charge in [0.2, 0.25) is 44.2 Å². The third-order valence-electron chi connectivity index (χ3n) is 11.5. The zero-order valence-electron chi connectivity index (χ0n) is 45.2. The Hall–Kier alpha value is 2.16. The van der Waals surface area contributed by atoms with Crippen LogP contribution in [0, 0.1) is 0 Å². The molecule has 0 aromatic heterocycles. The maximum atomic E-state index is 12.5. The van der Waals surface area contributed by atoms with Crippen LogP contribution in [-0.4, -0.2) is 296 Å². The molecule has 54 nitrogen and oxygen atoms in total. The van der Waals surface area contributed by atoms with Crippen LogP contribution in [0.4, 0.5) is 0 Å². The molecule has 0 aliphatic heterocycles. The quantitative estimate of drug-likeness (QED) is 0.0252. The average molecular weight is 1680 g/mol. The number of hydrogen-bond donors (Lipinski definition) is 32. The van der Waals surface area contributed by atoms with Gasteiger partial charge in [-0.2, -0.15) is 0 Å². The van der Waals surface area contributed by atoms with E-state index in [9.17, 15) is 230 Å². The minimum absolute atomic E-state index is 0.605. The lowest BCUT2D eigenvalue weighted by Gasteiger charge is -2.39. The van der Waals surface area contributed by atoms with Crippen LogP contribution >= 0.6 is 122 Å². The topological polar surface area (TPSA) is 940 Å². The maximum Gasteiger partial charge on any atom is 0.355 e. The van der Waals surface area contributed by atoms with Crippen LogP contribution < -0.4 is 0 Å². The van der Waals surface area contributed by atoms with Crippen LogP contribution in [0.2, 0.25) is 0 Å². The molecular weight excluding hydrogens is 1610 g/mol.